The number of fused-ring (bicyclic) bond motifs is 2. The highest BCUT2D eigenvalue weighted by Gasteiger charge is 2.24. The lowest BCUT2D eigenvalue weighted by Gasteiger charge is -2.24. The normalized spacial score (nSPS) is 16.4. The molecule has 1 aromatic rings. The Labute approximate surface area is 107 Å². The van der Waals surface area contributed by atoms with Crippen LogP contribution in [0.3, 0.4) is 0 Å². The van der Waals surface area contributed by atoms with Gasteiger partial charge in [-0.1, -0.05) is 0 Å². The predicted molar refractivity (Wildman–Crippen MR) is 69.6 cm³/mol. The average Bonchev–Trinajstić information content (AvgIpc) is 2.97. The Bertz CT molecular complexity index is 545. The summed E-state index contributed by atoms with van der Waals surface area (Å²) in [5, 5.41) is 0. The van der Waals surface area contributed by atoms with Crippen LogP contribution in [0.5, 0.6) is 0 Å². The van der Waals surface area contributed by atoms with Crippen molar-refractivity contribution in [3.63, 3.8) is 0 Å². The van der Waals surface area contributed by atoms with Crippen molar-refractivity contribution in [3.05, 3.63) is 41.4 Å². The molecular formula is C13H14BN2O2. The van der Waals surface area contributed by atoms with Crippen LogP contribution in [0, 0.1) is 0 Å². The van der Waals surface area contributed by atoms with Gasteiger partial charge in [-0.05, 0) is 42.5 Å². The van der Waals surface area contributed by atoms with Crippen LogP contribution in [0.1, 0.15) is 18.5 Å². The molecule has 91 valence electrons. The van der Waals surface area contributed by atoms with Crippen molar-refractivity contribution in [2.45, 2.75) is 12.8 Å². The third kappa shape index (κ3) is 1.96. The first-order chi connectivity index (χ1) is 8.76. The predicted octanol–water partition coefficient (Wildman–Crippen LogP) is 1.42. The molecule has 2 aliphatic heterocycles. The number of methoxy groups -OCH3 is 1. The van der Waals surface area contributed by atoms with E-state index in [-0.39, 0.29) is 5.97 Å². The zero-order valence-corrected chi connectivity index (χ0v) is 10.3. The lowest BCUT2D eigenvalue weighted by molar-refractivity contribution is -0.140. The van der Waals surface area contributed by atoms with Gasteiger partial charge in [-0.3, -0.25) is 4.79 Å². The van der Waals surface area contributed by atoms with Crippen molar-refractivity contribution < 1.29 is 9.53 Å². The van der Waals surface area contributed by atoms with Crippen LogP contribution in [0.4, 0.5) is 0 Å². The van der Waals surface area contributed by atoms with Crippen LogP contribution in [0.25, 0.3) is 6.08 Å². The van der Waals surface area contributed by atoms with E-state index >= 15 is 0 Å². The third-order valence-electron chi connectivity index (χ3n) is 3.31. The Balaban J connectivity index is 1.71. The topological polar surface area (TPSA) is 34.5 Å². The second-order valence-electron chi connectivity index (χ2n) is 4.53. The van der Waals surface area contributed by atoms with Gasteiger partial charge in [-0.15, -0.1) is 0 Å². The Kier molecular flexibility index (Phi) is 2.74. The van der Waals surface area contributed by atoms with Crippen molar-refractivity contribution in [2.24, 2.45) is 0 Å². The third-order valence-corrected chi connectivity index (χ3v) is 3.31. The summed E-state index contributed by atoms with van der Waals surface area (Å²) in [5.74, 6) is -0.148. The molecular weight excluding hydrogens is 227 g/mol. The lowest BCUT2D eigenvalue weighted by Crippen LogP contribution is -2.32. The van der Waals surface area contributed by atoms with E-state index in [1.165, 1.54) is 24.1 Å². The Morgan fingerprint density at radius 2 is 2.39 bits per heavy atom. The van der Waals surface area contributed by atoms with E-state index in [0.29, 0.717) is 6.42 Å². The molecule has 18 heavy (non-hydrogen) atoms. The van der Waals surface area contributed by atoms with E-state index in [0.717, 1.165) is 13.0 Å². The standard InChI is InChI=1S/C13H14BN2O2/c1-18-13(17)5-4-10-7-12-8-11-3-2-6-15(11)14-16(12)9-10/h2-3,6-8H,4-5,9H2,1H3. The summed E-state index contributed by atoms with van der Waals surface area (Å²) in [7, 11) is 3.52. The summed E-state index contributed by atoms with van der Waals surface area (Å²) in [6, 6.07) is 4.12. The zero-order valence-electron chi connectivity index (χ0n) is 10.3. The number of hydrogen-bond donors (Lipinski definition) is 0. The number of aromatic nitrogens is 1. The molecule has 5 heteroatoms. The molecule has 0 saturated carbocycles. The van der Waals surface area contributed by atoms with Gasteiger partial charge in [0, 0.05) is 24.4 Å². The molecule has 4 nitrogen and oxygen atoms in total. The summed E-state index contributed by atoms with van der Waals surface area (Å²) in [5.41, 5.74) is 3.65. The lowest BCUT2D eigenvalue weighted by atomic mass is 10.0. The van der Waals surface area contributed by atoms with Crippen molar-refractivity contribution in [1.29, 1.82) is 0 Å². The Morgan fingerprint density at radius 1 is 1.50 bits per heavy atom. The minimum Gasteiger partial charge on any atom is -0.469 e. The molecule has 0 spiro atoms. The molecule has 0 unspecified atom stereocenters. The molecule has 0 atom stereocenters. The van der Waals surface area contributed by atoms with Gasteiger partial charge in [0.2, 0.25) is 0 Å². The first kappa shape index (κ1) is 11.2. The van der Waals surface area contributed by atoms with Gasteiger partial charge >= 0.3 is 13.5 Å². The maximum Gasteiger partial charge on any atom is 0.396 e. The maximum atomic E-state index is 11.1. The van der Waals surface area contributed by atoms with Crippen molar-refractivity contribution in [2.75, 3.05) is 13.7 Å². The second-order valence-corrected chi connectivity index (χ2v) is 4.53. The fraction of sp³-hybridized carbons (Fsp3) is 0.308. The molecule has 0 saturated heterocycles. The smallest absolute Gasteiger partial charge is 0.396 e. The number of carbonyl (C=O) groups excluding carboxylic acids is 1. The number of hydrogen-bond acceptors (Lipinski definition) is 3. The summed E-state index contributed by atoms with van der Waals surface area (Å²) in [6.07, 6.45) is 7.58. The van der Waals surface area contributed by atoms with Crippen LogP contribution in [0.2, 0.25) is 0 Å². The molecule has 1 radical (unpaired) electrons. The quantitative estimate of drug-likeness (QED) is 0.592. The largest absolute Gasteiger partial charge is 0.469 e. The van der Waals surface area contributed by atoms with Gasteiger partial charge in [0.1, 0.15) is 0 Å². The van der Waals surface area contributed by atoms with E-state index in [9.17, 15) is 4.79 Å². The highest BCUT2D eigenvalue weighted by atomic mass is 16.5. The number of ether oxygens (including phenoxy) is 1. The van der Waals surface area contributed by atoms with Gasteiger partial charge in [0.05, 0.1) is 7.11 Å². The average molecular weight is 241 g/mol. The van der Waals surface area contributed by atoms with Crippen LogP contribution in [0.15, 0.2) is 35.7 Å². The zero-order chi connectivity index (χ0) is 12.5. The van der Waals surface area contributed by atoms with E-state index in [4.69, 9.17) is 0 Å². The molecule has 1 aromatic heterocycles. The maximum absolute atomic E-state index is 11.1. The fourth-order valence-electron chi connectivity index (χ4n) is 2.33. The summed E-state index contributed by atoms with van der Waals surface area (Å²) in [6.45, 7) is 0.862. The van der Waals surface area contributed by atoms with Crippen molar-refractivity contribution >= 4 is 19.6 Å². The van der Waals surface area contributed by atoms with E-state index in [1.807, 2.05) is 12.3 Å². The highest BCUT2D eigenvalue weighted by molar-refractivity contribution is 6.32. The molecule has 0 aromatic carbocycles. The van der Waals surface area contributed by atoms with E-state index < -0.39 is 0 Å². The van der Waals surface area contributed by atoms with Crippen molar-refractivity contribution in [1.82, 2.24) is 9.29 Å². The fourth-order valence-corrected chi connectivity index (χ4v) is 2.33. The van der Waals surface area contributed by atoms with Gasteiger partial charge in [0.15, 0.2) is 0 Å². The van der Waals surface area contributed by atoms with Crippen LogP contribution in [-0.4, -0.2) is 36.5 Å². The number of nitrogens with zero attached hydrogens (tertiary/aromatic N) is 2. The second kappa shape index (κ2) is 4.40. The van der Waals surface area contributed by atoms with Crippen LogP contribution < -0.4 is 0 Å². The molecule has 0 bridgehead atoms. The molecule has 2 aliphatic rings. The highest BCUT2D eigenvalue weighted by Crippen LogP contribution is 2.27. The molecule has 3 rings (SSSR count). The first-order valence-corrected chi connectivity index (χ1v) is 6.03. The SMILES string of the molecule is COC(=O)CCC1=CC2=Cc3cccn3[B]N2C1. The minimum absolute atomic E-state index is 0.148. The van der Waals surface area contributed by atoms with Crippen LogP contribution in [-0.2, 0) is 9.53 Å². The molecule has 0 amide bonds. The molecule has 0 fully saturated rings. The van der Waals surface area contributed by atoms with Gasteiger partial charge in [0.25, 0.3) is 0 Å². The Hall–Kier alpha value is -1.91. The number of esters is 1. The molecule has 0 N–H and O–H groups in total. The van der Waals surface area contributed by atoms with Crippen molar-refractivity contribution in [3.8, 4) is 0 Å². The number of allylic oxidation sites excluding steroid dienone is 1. The Morgan fingerprint density at radius 3 is 3.22 bits per heavy atom. The molecule has 3 heterocycles. The molecule has 0 aliphatic carbocycles. The van der Waals surface area contributed by atoms with Gasteiger partial charge in [-0.2, -0.15) is 0 Å². The number of rotatable bonds is 3. The number of carbonyl (C=O) groups is 1. The van der Waals surface area contributed by atoms with Gasteiger partial charge in [-0.25, -0.2) is 0 Å². The monoisotopic (exact) mass is 241 g/mol. The summed E-state index contributed by atoms with van der Waals surface area (Å²) < 4.78 is 6.76. The van der Waals surface area contributed by atoms with E-state index in [2.05, 4.69) is 39.8 Å². The summed E-state index contributed by atoms with van der Waals surface area (Å²) in [4.78, 5) is 13.3. The van der Waals surface area contributed by atoms with Gasteiger partial charge < -0.3 is 14.0 Å². The van der Waals surface area contributed by atoms with Crippen LogP contribution >= 0.6 is 0 Å². The first-order valence-electron chi connectivity index (χ1n) is 6.03. The van der Waals surface area contributed by atoms with E-state index in [1.54, 1.807) is 0 Å². The minimum atomic E-state index is -0.148. The summed E-state index contributed by atoms with van der Waals surface area (Å²) >= 11 is 0.